The van der Waals surface area contributed by atoms with E-state index in [2.05, 4.69) is 4.98 Å². The van der Waals surface area contributed by atoms with Crippen molar-refractivity contribution in [1.82, 2.24) is 14.2 Å². The number of benzene rings is 2. The van der Waals surface area contributed by atoms with E-state index in [0.29, 0.717) is 47.2 Å². The van der Waals surface area contributed by atoms with Gasteiger partial charge in [-0.25, -0.2) is 17.8 Å². The Morgan fingerprint density at radius 2 is 1.86 bits per heavy atom. The highest BCUT2D eigenvalue weighted by Crippen LogP contribution is 2.30. The second-order valence-electron chi connectivity index (χ2n) is 8.81. The van der Waals surface area contributed by atoms with Crippen LogP contribution >= 0.6 is 23.7 Å². The number of hydrogen-bond acceptors (Lipinski definition) is 7. The Labute approximate surface area is 221 Å². The number of sulfonamides is 1. The number of nitrogens with zero attached hydrogens (tertiary/aromatic N) is 4. The third-order valence-corrected chi connectivity index (χ3v) is 8.76. The van der Waals surface area contributed by atoms with Crippen LogP contribution in [0.2, 0.25) is 0 Å². The molecule has 1 atom stereocenters. The Kier molecular flexibility index (Phi) is 9.42. The average molecular weight is 557 g/mol. The molecule has 2 heterocycles. The van der Waals surface area contributed by atoms with Gasteiger partial charge in [-0.3, -0.25) is 9.69 Å². The molecule has 0 spiro atoms. The van der Waals surface area contributed by atoms with Crippen molar-refractivity contribution in [3.8, 4) is 0 Å². The number of carbonyl (C=O) groups excluding carboxylic acids is 1. The second kappa shape index (κ2) is 11.9. The van der Waals surface area contributed by atoms with Crippen molar-refractivity contribution in [2.75, 3.05) is 52.3 Å². The van der Waals surface area contributed by atoms with Crippen LogP contribution in [0.15, 0.2) is 47.4 Å². The summed E-state index contributed by atoms with van der Waals surface area (Å²) in [4.78, 5) is 21.6. The second-order valence-corrected chi connectivity index (χ2v) is 11.9. The van der Waals surface area contributed by atoms with E-state index in [1.807, 2.05) is 19.0 Å². The average Bonchev–Trinajstić information content (AvgIpc) is 3.48. The molecule has 8 nitrogen and oxygen atoms in total. The maximum absolute atomic E-state index is 13.7. The third-order valence-electron chi connectivity index (χ3n) is 5.88. The van der Waals surface area contributed by atoms with E-state index in [0.717, 1.165) is 12.8 Å². The molecule has 1 aliphatic heterocycles. The Balaban J connectivity index is 0.00000361. The largest absolute Gasteiger partial charge is 0.377 e. The highest BCUT2D eigenvalue weighted by Gasteiger charge is 2.27. The van der Waals surface area contributed by atoms with Gasteiger partial charge in [-0.15, -0.1) is 12.4 Å². The minimum Gasteiger partial charge on any atom is -0.377 e. The Bertz CT molecular complexity index is 1300. The molecule has 0 N–H and O–H groups in total. The summed E-state index contributed by atoms with van der Waals surface area (Å²) in [5, 5.41) is 0.463. The van der Waals surface area contributed by atoms with Crippen LogP contribution in [0, 0.1) is 5.82 Å². The molecule has 1 fully saturated rings. The van der Waals surface area contributed by atoms with Gasteiger partial charge in [0.1, 0.15) is 5.82 Å². The molecule has 0 aliphatic carbocycles. The SMILES string of the molecule is CN(C)CCN(C(=O)c1ccc(S(=O)(=O)N(C)CC2CCCO2)cc1)c1nc2ccc(F)cc2s1.Cl. The molecular formula is C24H30ClFN4O4S2. The molecule has 1 aliphatic rings. The normalized spacial score (nSPS) is 16.0. The minimum absolute atomic E-state index is 0. The first kappa shape index (κ1) is 28.4. The predicted octanol–water partition coefficient (Wildman–Crippen LogP) is 3.87. The van der Waals surface area contributed by atoms with Crippen LogP contribution in [0.5, 0.6) is 0 Å². The van der Waals surface area contributed by atoms with Crippen molar-refractivity contribution in [2.24, 2.45) is 0 Å². The number of anilines is 1. The third kappa shape index (κ3) is 6.39. The van der Waals surface area contributed by atoms with Crippen LogP contribution < -0.4 is 4.90 Å². The molecule has 1 unspecified atom stereocenters. The number of carbonyl (C=O) groups is 1. The van der Waals surface area contributed by atoms with Crippen molar-refractivity contribution in [1.29, 1.82) is 0 Å². The van der Waals surface area contributed by atoms with E-state index >= 15 is 0 Å². The van der Waals surface area contributed by atoms with Crippen molar-refractivity contribution < 1.29 is 22.3 Å². The van der Waals surface area contributed by atoms with Gasteiger partial charge in [0.25, 0.3) is 5.91 Å². The van der Waals surface area contributed by atoms with Gasteiger partial charge >= 0.3 is 0 Å². The lowest BCUT2D eigenvalue weighted by Gasteiger charge is -2.22. The highest BCUT2D eigenvalue weighted by molar-refractivity contribution is 7.89. The molecule has 0 radical (unpaired) electrons. The summed E-state index contributed by atoms with van der Waals surface area (Å²) in [5.41, 5.74) is 0.958. The van der Waals surface area contributed by atoms with Gasteiger partial charge in [-0.2, -0.15) is 4.31 Å². The number of thiazole rings is 1. The van der Waals surface area contributed by atoms with Gasteiger partial charge in [-0.1, -0.05) is 11.3 Å². The van der Waals surface area contributed by atoms with E-state index in [1.165, 1.54) is 59.1 Å². The van der Waals surface area contributed by atoms with Crippen molar-refractivity contribution in [2.45, 2.75) is 23.8 Å². The number of hydrogen-bond donors (Lipinski definition) is 0. The highest BCUT2D eigenvalue weighted by atomic mass is 35.5. The molecule has 196 valence electrons. The topological polar surface area (TPSA) is 83.1 Å². The van der Waals surface area contributed by atoms with Crippen LogP contribution in [0.4, 0.5) is 9.52 Å². The number of halogens is 2. The lowest BCUT2D eigenvalue weighted by Crippen LogP contribution is -2.37. The number of aromatic nitrogens is 1. The molecule has 1 amide bonds. The van der Waals surface area contributed by atoms with E-state index in [4.69, 9.17) is 4.74 Å². The van der Waals surface area contributed by atoms with Gasteiger partial charge in [0.2, 0.25) is 10.0 Å². The first-order chi connectivity index (χ1) is 16.6. The van der Waals surface area contributed by atoms with Gasteiger partial charge in [0.15, 0.2) is 5.13 Å². The molecule has 12 heteroatoms. The van der Waals surface area contributed by atoms with Crippen molar-refractivity contribution in [3.63, 3.8) is 0 Å². The number of amides is 1. The molecule has 3 aromatic rings. The van der Waals surface area contributed by atoms with Crippen LogP contribution in [-0.4, -0.2) is 82.0 Å². The summed E-state index contributed by atoms with van der Waals surface area (Å²) < 4.78 is 47.1. The first-order valence-corrected chi connectivity index (χ1v) is 13.6. The monoisotopic (exact) mass is 556 g/mol. The zero-order valence-electron chi connectivity index (χ0n) is 20.4. The van der Waals surface area contributed by atoms with Crippen molar-refractivity contribution >= 4 is 55.0 Å². The smallest absolute Gasteiger partial charge is 0.260 e. The van der Waals surface area contributed by atoms with Gasteiger partial charge in [0.05, 0.1) is 21.2 Å². The number of rotatable bonds is 9. The summed E-state index contributed by atoms with van der Waals surface area (Å²) in [6.45, 7) is 1.91. The fourth-order valence-electron chi connectivity index (χ4n) is 3.86. The molecule has 0 saturated carbocycles. The quantitative estimate of drug-likeness (QED) is 0.398. The van der Waals surface area contributed by atoms with E-state index in [1.54, 1.807) is 11.0 Å². The van der Waals surface area contributed by atoms with Crippen LogP contribution in [0.25, 0.3) is 10.2 Å². The molecule has 0 bridgehead atoms. The fourth-order valence-corrected chi connectivity index (χ4v) is 6.08. The number of fused-ring (bicyclic) bond motifs is 1. The maximum Gasteiger partial charge on any atom is 0.260 e. The molecular weight excluding hydrogens is 527 g/mol. The Morgan fingerprint density at radius 1 is 1.14 bits per heavy atom. The molecule has 36 heavy (non-hydrogen) atoms. The summed E-state index contributed by atoms with van der Waals surface area (Å²) in [6.07, 6.45) is 1.68. The number of ether oxygens (including phenoxy) is 1. The van der Waals surface area contributed by atoms with E-state index < -0.39 is 10.0 Å². The van der Waals surface area contributed by atoms with Gasteiger partial charge in [0, 0.05) is 38.9 Å². The van der Waals surface area contributed by atoms with Gasteiger partial charge < -0.3 is 9.64 Å². The van der Waals surface area contributed by atoms with Crippen molar-refractivity contribution in [3.05, 3.63) is 53.8 Å². The zero-order valence-corrected chi connectivity index (χ0v) is 22.8. The van der Waals surface area contributed by atoms with Crippen LogP contribution in [0.1, 0.15) is 23.2 Å². The van der Waals surface area contributed by atoms with Gasteiger partial charge in [-0.05, 0) is 69.4 Å². The maximum atomic E-state index is 13.7. The fraction of sp³-hybridized carbons (Fsp3) is 0.417. The summed E-state index contributed by atoms with van der Waals surface area (Å²) in [6, 6.07) is 10.3. The Morgan fingerprint density at radius 3 is 2.50 bits per heavy atom. The van der Waals surface area contributed by atoms with E-state index in [-0.39, 0.29) is 35.1 Å². The first-order valence-electron chi connectivity index (χ1n) is 11.4. The van der Waals surface area contributed by atoms with Crippen LogP contribution in [-0.2, 0) is 14.8 Å². The molecule has 4 rings (SSSR count). The zero-order chi connectivity index (χ0) is 25.2. The predicted molar refractivity (Wildman–Crippen MR) is 142 cm³/mol. The van der Waals surface area contributed by atoms with Crippen LogP contribution in [0.3, 0.4) is 0 Å². The minimum atomic E-state index is -3.71. The number of likely N-dealkylation sites (N-methyl/N-ethyl adjacent to an activating group) is 2. The lowest BCUT2D eigenvalue weighted by atomic mass is 10.2. The molecule has 1 saturated heterocycles. The lowest BCUT2D eigenvalue weighted by molar-refractivity contribution is 0.0978. The standard InChI is InChI=1S/C24H29FN4O4S2.ClH/c1-27(2)12-13-29(24-26-21-11-8-18(25)15-22(21)34-24)23(30)17-6-9-20(10-7-17)35(31,32)28(3)16-19-5-4-14-33-19;/h6-11,15,19H,4-5,12-14,16H2,1-3H3;1H. The molecule has 2 aromatic carbocycles. The molecule has 1 aromatic heterocycles. The Hall–Kier alpha value is -2.15. The summed E-state index contributed by atoms with van der Waals surface area (Å²) in [7, 11) is 1.64. The summed E-state index contributed by atoms with van der Waals surface area (Å²) >= 11 is 1.24. The summed E-state index contributed by atoms with van der Waals surface area (Å²) in [5.74, 6) is -0.664. The van der Waals surface area contributed by atoms with E-state index in [9.17, 15) is 17.6 Å².